The van der Waals surface area contributed by atoms with E-state index >= 15 is 0 Å². The number of anilines is 1. The molecule has 4 nitrogen and oxygen atoms in total. The van der Waals surface area contributed by atoms with Gasteiger partial charge in [-0.3, -0.25) is 9.59 Å². The van der Waals surface area contributed by atoms with Gasteiger partial charge in [0.05, 0.1) is 0 Å². The molecule has 5 heteroatoms. The quantitative estimate of drug-likeness (QED) is 0.920. The van der Waals surface area contributed by atoms with Crippen molar-refractivity contribution < 1.29 is 9.59 Å². The molecule has 2 amide bonds. The summed E-state index contributed by atoms with van der Waals surface area (Å²) >= 11 is 3.44. The van der Waals surface area contributed by atoms with Gasteiger partial charge in [-0.15, -0.1) is 0 Å². The summed E-state index contributed by atoms with van der Waals surface area (Å²) < 4.78 is 0.977. The summed E-state index contributed by atoms with van der Waals surface area (Å²) in [5.41, 5.74) is 1.07. The highest BCUT2D eigenvalue weighted by molar-refractivity contribution is 9.10. The molecule has 108 valence electrons. The molecule has 1 heterocycles. The Hall–Kier alpha value is -1.36. The first-order valence-corrected chi connectivity index (χ1v) is 7.62. The zero-order valence-corrected chi connectivity index (χ0v) is 13.6. The van der Waals surface area contributed by atoms with Crippen LogP contribution in [0.25, 0.3) is 0 Å². The van der Waals surface area contributed by atoms with E-state index in [1.165, 1.54) is 0 Å². The number of nitrogens with zero attached hydrogens (tertiary/aromatic N) is 1. The second-order valence-corrected chi connectivity index (χ2v) is 6.17. The summed E-state index contributed by atoms with van der Waals surface area (Å²) in [6, 6.07) is 5.80. The van der Waals surface area contributed by atoms with Crippen LogP contribution in [0.1, 0.15) is 32.8 Å². The van der Waals surface area contributed by atoms with Crippen LogP contribution in [0.5, 0.6) is 0 Å². The molecule has 0 radical (unpaired) electrons. The van der Waals surface area contributed by atoms with Crippen LogP contribution in [0, 0.1) is 0 Å². The largest absolute Gasteiger partial charge is 0.340 e. The van der Waals surface area contributed by atoms with E-state index in [1.807, 2.05) is 32.0 Å². The highest BCUT2D eigenvalue weighted by atomic mass is 79.9. The zero-order chi connectivity index (χ0) is 14.9. The molecule has 0 saturated carbocycles. The van der Waals surface area contributed by atoms with Crippen molar-refractivity contribution in [3.05, 3.63) is 28.2 Å². The number of halogens is 1. The van der Waals surface area contributed by atoms with E-state index in [1.54, 1.807) is 11.8 Å². The highest BCUT2D eigenvalue weighted by Gasteiger charge is 2.42. The van der Waals surface area contributed by atoms with Crippen LogP contribution in [0.4, 0.5) is 5.69 Å². The molecule has 1 fully saturated rings. The van der Waals surface area contributed by atoms with Crippen molar-refractivity contribution in [3.8, 4) is 0 Å². The first kappa shape index (κ1) is 15.0. The zero-order valence-electron chi connectivity index (χ0n) is 12.0. The summed E-state index contributed by atoms with van der Waals surface area (Å²) in [4.78, 5) is 26.2. The minimum atomic E-state index is -0.812. The van der Waals surface area contributed by atoms with Gasteiger partial charge in [-0.05, 0) is 43.5 Å². The predicted molar refractivity (Wildman–Crippen MR) is 82.7 cm³/mol. The number of rotatable bonds is 3. The lowest BCUT2D eigenvalue weighted by atomic mass is 9.93. The molecule has 1 aromatic carbocycles. The van der Waals surface area contributed by atoms with Crippen molar-refractivity contribution in [3.63, 3.8) is 0 Å². The first-order valence-electron chi connectivity index (χ1n) is 6.82. The Balaban J connectivity index is 2.46. The van der Waals surface area contributed by atoms with Gasteiger partial charge < -0.3 is 10.2 Å². The SMILES string of the molecule is CCc1cc(Br)ccc1N1CC(=O)NC(C)(CC)C1=O. The maximum Gasteiger partial charge on any atom is 0.252 e. The Morgan fingerprint density at radius 1 is 1.35 bits per heavy atom. The number of nitrogens with one attached hydrogen (secondary N) is 1. The highest BCUT2D eigenvalue weighted by Crippen LogP contribution is 2.29. The Morgan fingerprint density at radius 2 is 2.05 bits per heavy atom. The van der Waals surface area contributed by atoms with Gasteiger partial charge in [-0.2, -0.15) is 0 Å². The predicted octanol–water partition coefficient (Wildman–Crippen LogP) is 2.64. The second kappa shape index (κ2) is 5.56. The van der Waals surface area contributed by atoms with Crippen LogP contribution in [-0.4, -0.2) is 23.9 Å². The molecular weight excluding hydrogens is 320 g/mol. The van der Waals surface area contributed by atoms with E-state index < -0.39 is 5.54 Å². The van der Waals surface area contributed by atoms with E-state index in [4.69, 9.17) is 0 Å². The third-order valence-electron chi connectivity index (χ3n) is 3.85. The molecule has 1 aliphatic rings. The molecule has 2 rings (SSSR count). The van der Waals surface area contributed by atoms with E-state index in [0.29, 0.717) is 6.42 Å². The van der Waals surface area contributed by atoms with Gasteiger partial charge in [-0.1, -0.05) is 29.8 Å². The van der Waals surface area contributed by atoms with Gasteiger partial charge in [0.25, 0.3) is 5.91 Å². The Kier molecular flexibility index (Phi) is 4.18. The number of piperazine rings is 1. The number of carbonyl (C=O) groups is 2. The van der Waals surface area contributed by atoms with Crippen molar-refractivity contribution in [2.75, 3.05) is 11.4 Å². The van der Waals surface area contributed by atoms with Gasteiger partial charge in [0.15, 0.2) is 0 Å². The third kappa shape index (κ3) is 2.59. The average molecular weight is 339 g/mol. The molecule has 1 unspecified atom stereocenters. The summed E-state index contributed by atoms with van der Waals surface area (Å²) in [6.07, 6.45) is 1.38. The number of aryl methyl sites for hydroxylation is 1. The van der Waals surface area contributed by atoms with Gasteiger partial charge >= 0.3 is 0 Å². The summed E-state index contributed by atoms with van der Waals surface area (Å²) in [6.45, 7) is 5.82. The monoisotopic (exact) mass is 338 g/mol. The Labute approximate surface area is 127 Å². The topological polar surface area (TPSA) is 49.4 Å². The van der Waals surface area contributed by atoms with Crippen molar-refractivity contribution in [2.45, 2.75) is 39.2 Å². The lowest BCUT2D eigenvalue weighted by molar-refractivity contribution is -0.135. The van der Waals surface area contributed by atoms with Crippen LogP contribution < -0.4 is 10.2 Å². The standard InChI is InChI=1S/C15H19BrN2O2/c1-4-10-8-11(16)6-7-12(10)18-9-13(19)17-15(3,5-2)14(18)20/h6-8H,4-5,9H2,1-3H3,(H,17,19). The molecule has 20 heavy (non-hydrogen) atoms. The van der Waals surface area contributed by atoms with Crippen LogP contribution >= 0.6 is 15.9 Å². The van der Waals surface area contributed by atoms with Crippen LogP contribution in [0.15, 0.2) is 22.7 Å². The van der Waals surface area contributed by atoms with Crippen molar-refractivity contribution in [1.29, 1.82) is 0 Å². The van der Waals surface area contributed by atoms with Crippen LogP contribution in [0.2, 0.25) is 0 Å². The Bertz CT molecular complexity index is 559. The molecule has 1 saturated heterocycles. The smallest absolute Gasteiger partial charge is 0.252 e. The molecule has 1 N–H and O–H groups in total. The fourth-order valence-electron chi connectivity index (χ4n) is 2.45. The van der Waals surface area contributed by atoms with E-state index in [0.717, 1.165) is 22.1 Å². The molecule has 0 aromatic heterocycles. The lowest BCUT2D eigenvalue weighted by Crippen LogP contribution is -2.65. The summed E-state index contributed by atoms with van der Waals surface area (Å²) in [7, 11) is 0. The van der Waals surface area contributed by atoms with Crippen molar-refractivity contribution in [2.24, 2.45) is 0 Å². The normalized spacial score (nSPS) is 22.9. The molecule has 0 aliphatic carbocycles. The average Bonchev–Trinajstić information content (AvgIpc) is 2.43. The van der Waals surface area contributed by atoms with Crippen LogP contribution in [0.3, 0.4) is 0 Å². The second-order valence-electron chi connectivity index (χ2n) is 5.25. The summed E-state index contributed by atoms with van der Waals surface area (Å²) in [5, 5.41) is 2.80. The number of hydrogen-bond donors (Lipinski definition) is 1. The number of benzene rings is 1. The maximum atomic E-state index is 12.7. The van der Waals surface area contributed by atoms with E-state index in [9.17, 15) is 9.59 Å². The van der Waals surface area contributed by atoms with Gasteiger partial charge in [0, 0.05) is 10.2 Å². The summed E-state index contributed by atoms with van der Waals surface area (Å²) in [5.74, 6) is -0.157. The Morgan fingerprint density at radius 3 is 2.65 bits per heavy atom. The number of amides is 2. The molecule has 0 spiro atoms. The van der Waals surface area contributed by atoms with Crippen molar-refractivity contribution >= 4 is 33.4 Å². The number of carbonyl (C=O) groups excluding carboxylic acids is 2. The van der Waals surface area contributed by atoms with E-state index in [2.05, 4.69) is 21.2 Å². The minimum Gasteiger partial charge on any atom is -0.340 e. The third-order valence-corrected chi connectivity index (χ3v) is 4.35. The number of hydrogen-bond acceptors (Lipinski definition) is 2. The molecular formula is C15H19BrN2O2. The first-order chi connectivity index (χ1) is 9.41. The van der Waals surface area contributed by atoms with Crippen molar-refractivity contribution in [1.82, 2.24) is 5.32 Å². The van der Waals surface area contributed by atoms with Gasteiger partial charge in [0.1, 0.15) is 12.1 Å². The molecule has 1 atom stereocenters. The fraction of sp³-hybridized carbons (Fsp3) is 0.467. The van der Waals surface area contributed by atoms with E-state index in [-0.39, 0.29) is 18.4 Å². The fourth-order valence-corrected chi connectivity index (χ4v) is 2.86. The van der Waals surface area contributed by atoms with Gasteiger partial charge in [0.2, 0.25) is 5.91 Å². The van der Waals surface area contributed by atoms with Crippen LogP contribution in [-0.2, 0) is 16.0 Å². The molecule has 1 aliphatic heterocycles. The van der Waals surface area contributed by atoms with Gasteiger partial charge in [-0.25, -0.2) is 0 Å². The molecule has 0 bridgehead atoms. The molecule has 1 aromatic rings. The minimum absolute atomic E-state index is 0.0448. The maximum absolute atomic E-state index is 12.7. The lowest BCUT2D eigenvalue weighted by Gasteiger charge is -2.39.